The zero-order valence-corrected chi connectivity index (χ0v) is 9.18. The zero-order valence-electron chi connectivity index (χ0n) is 9.18. The number of carboxylic acid groups (broad SMARTS) is 1. The minimum absolute atomic E-state index is 0.217. The quantitative estimate of drug-likeness (QED) is 0.798. The third-order valence-corrected chi connectivity index (χ3v) is 2.96. The third kappa shape index (κ3) is 2.04. The van der Waals surface area contributed by atoms with Crippen molar-refractivity contribution in [1.29, 1.82) is 0 Å². The lowest BCUT2D eigenvalue weighted by molar-refractivity contribution is -0.138. The van der Waals surface area contributed by atoms with E-state index in [-0.39, 0.29) is 5.82 Å². The fourth-order valence-electron chi connectivity index (χ4n) is 1.78. The Morgan fingerprint density at radius 3 is 2.75 bits per heavy atom. The van der Waals surface area contributed by atoms with Gasteiger partial charge in [-0.15, -0.1) is 0 Å². The van der Waals surface area contributed by atoms with E-state index in [1.54, 1.807) is 0 Å². The summed E-state index contributed by atoms with van der Waals surface area (Å²) in [5.41, 5.74) is 7.23. The van der Waals surface area contributed by atoms with Crippen LogP contribution in [0.1, 0.15) is 48.4 Å². The van der Waals surface area contributed by atoms with E-state index in [0.29, 0.717) is 5.92 Å². The number of nitrogens with two attached hydrogens (primary N) is 1. The van der Waals surface area contributed by atoms with Crippen LogP contribution in [0.15, 0.2) is 6.07 Å². The van der Waals surface area contributed by atoms with E-state index in [1.165, 1.54) is 6.42 Å². The van der Waals surface area contributed by atoms with Crippen LogP contribution in [0.2, 0.25) is 0 Å². The van der Waals surface area contributed by atoms with Crippen LogP contribution < -0.4 is 5.73 Å². The van der Waals surface area contributed by atoms with Gasteiger partial charge in [0.2, 0.25) is 0 Å². The van der Waals surface area contributed by atoms with Gasteiger partial charge < -0.3 is 10.8 Å². The minimum atomic E-state index is -1.13. The van der Waals surface area contributed by atoms with Crippen LogP contribution in [-0.2, 0) is 4.79 Å². The number of hydrogen-bond acceptors (Lipinski definition) is 4. The van der Waals surface area contributed by atoms with Gasteiger partial charge in [-0.1, -0.05) is 6.42 Å². The largest absolute Gasteiger partial charge is 0.480 e. The third-order valence-electron chi connectivity index (χ3n) is 2.96. The van der Waals surface area contributed by atoms with Crippen molar-refractivity contribution in [3.8, 4) is 0 Å². The first kappa shape index (κ1) is 11.0. The molecule has 2 rings (SSSR count). The SMILES string of the molecule is Cc1cc(C2CCC2)nc(C(N)C(=O)O)n1. The highest BCUT2D eigenvalue weighted by Crippen LogP contribution is 2.35. The summed E-state index contributed by atoms with van der Waals surface area (Å²) in [6, 6.07) is 0.792. The van der Waals surface area contributed by atoms with Gasteiger partial charge in [0.1, 0.15) is 0 Å². The van der Waals surface area contributed by atoms with Gasteiger partial charge in [0.05, 0.1) is 0 Å². The Bertz CT molecular complexity index is 416. The van der Waals surface area contributed by atoms with Crippen molar-refractivity contribution >= 4 is 5.97 Å². The van der Waals surface area contributed by atoms with Gasteiger partial charge in [0, 0.05) is 17.3 Å². The van der Waals surface area contributed by atoms with Gasteiger partial charge >= 0.3 is 5.97 Å². The molecule has 0 saturated heterocycles. The second kappa shape index (κ2) is 4.17. The second-order valence-electron chi connectivity index (χ2n) is 4.24. The monoisotopic (exact) mass is 221 g/mol. The smallest absolute Gasteiger partial charge is 0.328 e. The van der Waals surface area contributed by atoms with E-state index in [4.69, 9.17) is 10.8 Å². The zero-order chi connectivity index (χ0) is 11.7. The molecule has 1 aliphatic rings. The first-order chi connectivity index (χ1) is 7.58. The highest BCUT2D eigenvalue weighted by molar-refractivity contribution is 5.73. The van der Waals surface area contributed by atoms with Gasteiger partial charge in [0.25, 0.3) is 0 Å². The van der Waals surface area contributed by atoms with Crippen molar-refractivity contribution in [3.05, 3.63) is 23.3 Å². The predicted octanol–water partition coefficient (Wildman–Crippen LogP) is 1.14. The molecular weight excluding hydrogens is 206 g/mol. The topological polar surface area (TPSA) is 89.1 Å². The molecule has 1 aliphatic carbocycles. The molecule has 1 unspecified atom stereocenters. The molecule has 5 heteroatoms. The maximum absolute atomic E-state index is 10.8. The van der Waals surface area contributed by atoms with E-state index in [9.17, 15) is 4.79 Å². The molecule has 0 aliphatic heterocycles. The summed E-state index contributed by atoms with van der Waals surface area (Å²) in [6.07, 6.45) is 3.46. The van der Waals surface area contributed by atoms with E-state index in [0.717, 1.165) is 24.2 Å². The van der Waals surface area contributed by atoms with E-state index < -0.39 is 12.0 Å². The second-order valence-corrected chi connectivity index (χ2v) is 4.24. The summed E-state index contributed by atoms with van der Waals surface area (Å²) in [4.78, 5) is 19.1. The number of aliphatic carboxylic acids is 1. The lowest BCUT2D eigenvalue weighted by Crippen LogP contribution is -2.24. The summed E-state index contributed by atoms with van der Waals surface area (Å²) in [6.45, 7) is 1.84. The number of carbonyl (C=O) groups is 1. The lowest BCUT2D eigenvalue weighted by atomic mass is 9.82. The van der Waals surface area contributed by atoms with Crippen molar-refractivity contribution in [2.24, 2.45) is 5.73 Å². The molecule has 1 atom stereocenters. The van der Waals surface area contributed by atoms with Gasteiger partial charge in [-0.25, -0.2) is 9.97 Å². The molecule has 1 aromatic rings. The molecule has 1 heterocycles. The molecule has 0 bridgehead atoms. The van der Waals surface area contributed by atoms with Crippen LogP contribution in [0.5, 0.6) is 0 Å². The van der Waals surface area contributed by atoms with Crippen molar-refractivity contribution in [3.63, 3.8) is 0 Å². The van der Waals surface area contributed by atoms with Crippen molar-refractivity contribution in [2.75, 3.05) is 0 Å². The highest BCUT2D eigenvalue weighted by atomic mass is 16.4. The highest BCUT2D eigenvalue weighted by Gasteiger charge is 2.24. The first-order valence-electron chi connectivity index (χ1n) is 5.42. The maximum atomic E-state index is 10.8. The molecule has 0 amide bonds. The summed E-state index contributed by atoms with van der Waals surface area (Å²) < 4.78 is 0. The number of nitrogens with zero attached hydrogens (tertiary/aromatic N) is 2. The standard InChI is InChI=1S/C11H15N3O2/c1-6-5-8(7-3-2-4-7)14-10(13-6)9(12)11(15)16/h5,7,9H,2-4,12H2,1H3,(H,15,16). The summed E-state index contributed by atoms with van der Waals surface area (Å²) in [5.74, 6) is -0.416. The Balaban J connectivity index is 2.31. The molecule has 86 valence electrons. The number of carboxylic acids is 1. The molecule has 16 heavy (non-hydrogen) atoms. The van der Waals surface area contributed by atoms with Crippen LogP contribution in [0.4, 0.5) is 0 Å². The Kier molecular flexibility index (Phi) is 2.87. The number of aryl methyl sites for hydroxylation is 1. The Morgan fingerprint density at radius 2 is 2.25 bits per heavy atom. The van der Waals surface area contributed by atoms with Crippen molar-refractivity contribution in [2.45, 2.75) is 38.1 Å². The van der Waals surface area contributed by atoms with Gasteiger partial charge in [-0.3, -0.25) is 4.79 Å². The van der Waals surface area contributed by atoms with Crippen molar-refractivity contribution < 1.29 is 9.90 Å². The first-order valence-corrected chi connectivity index (χ1v) is 5.42. The molecule has 0 aromatic carbocycles. The number of aromatic nitrogens is 2. The van der Waals surface area contributed by atoms with E-state index in [2.05, 4.69) is 9.97 Å². The van der Waals surface area contributed by atoms with Crippen LogP contribution >= 0.6 is 0 Å². The van der Waals surface area contributed by atoms with Crippen LogP contribution in [0, 0.1) is 6.92 Å². The summed E-state index contributed by atoms with van der Waals surface area (Å²) in [5, 5.41) is 8.82. The molecule has 3 N–H and O–H groups in total. The molecule has 0 spiro atoms. The molecule has 0 radical (unpaired) electrons. The van der Waals surface area contributed by atoms with Crippen molar-refractivity contribution in [1.82, 2.24) is 9.97 Å². The number of hydrogen-bond donors (Lipinski definition) is 2. The van der Waals surface area contributed by atoms with Crippen LogP contribution in [-0.4, -0.2) is 21.0 Å². The number of rotatable bonds is 3. The molecule has 1 saturated carbocycles. The Hall–Kier alpha value is -1.49. The lowest BCUT2D eigenvalue weighted by Gasteiger charge is -2.25. The van der Waals surface area contributed by atoms with Gasteiger partial charge in [0.15, 0.2) is 11.9 Å². The summed E-state index contributed by atoms with van der Waals surface area (Å²) in [7, 11) is 0. The average molecular weight is 221 g/mol. The normalized spacial score (nSPS) is 17.9. The summed E-state index contributed by atoms with van der Waals surface area (Å²) >= 11 is 0. The average Bonchev–Trinajstić information content (AvgIpc) is 2.12. The van der Waals surface area contributed by atoms with E-state index >= 15 is 0 Å². The Morgan fingerprint density at radius 1 is 1.56 bits per heavy atom. The van der Waals surface area contributed by atoms with Gasteiger partial charge in [-0.05, 0) is 25.8 Å². The molecular formula is C11H15N3O2. The maximum Gasteiger partial charge on any atom is 0.328 e. The fourth-order valence-corrected chi connectivity index (χ4v) is 1.78. The molecule has 5 nitrogen and oxygen atoms in total. The predicted molar refractivity (Wildman–Crippen MR) is 57.9 cm³/mol. The molecule has 1 fully saturated rings. The fraction of sp³-hybridized carbons (Fsp3) is 0.545. The van der Waals surface area contributed by atoms with Crippen LogP contribution in [0.3, 0.4) is 0 Å². The van der Waals surface area contributed by atoms with E-state index in [1.807, 2.05) is 13.0 Å². The van der Waals surface area contributed by atoms with Gasteiger partial charge in [-0.2, -0.15) is 0 Å². The Labute approximate surface area is 93.7 Å². The minimum Gasteiger partial charge on any atom is -0.480 e. The molecule has 1 aromatic heterocycles. The van der Waals surface area contributed by atoms with Crippen LogP contribution in [0.25, 0.3) is 0 Å².